The van der Waals surface area contributed by atoms with Gasteiger partial charge in [0, 0.05) is 43.5 Å². The van der Waals surface area contributed by atoms with Crippen molar-refractivity contribution in [1.29, 1.82) is 0 Å². The summed E-state index contributed by atoms with van der Waals surface area (Å²) in [5, 5.41) is 2.95. The summed E-state index contributed by atoms with van der Waals surface area (Å²) in [7, 11) is 0. The van der Waals surface area contributed by atoms with E-state index in [1.807, 2.05) is 22.7 Å². The van der Waals surface area contributed by atoms with Gasteiger partial charge in [0.05, 0.1) is 5.56 Å². The third-order valence-electron chi connectivity index (χ3n) is 5.24. The molecule has 3 aliphatic rings. The van der Waals surface area contributed by atoms with Crippen LogP contribution in [0.25, 0.3) is 0 Å². The first-order chi connectivity index (χ1) is 12.2. The normalized spacial score (nSPS) is 21.8. The summed E-state index contributed by atoms with van der Waals surface area (Å²) >= 11 is 2.05. The third-order valence-corrected chi connectivity index (χ3v) is 6.29. The Morgan fingerprint density at radius 3 is 2.68 bits per heavy atom. The molecule has 3 heterocycles. The number of nitrogens with zero attached hydrogens (tertiary/aromatic N) is 2. The quantitative estimate of drug-likeness (QED) is 0.820. The monoisotopic (exact) mass is 361 g/mol. The predicted octanol–water partition coefficient (Wildman–Crippen LogP) is 2.40. The molecular formula is C18H23N3O3S. The van der Waals surface area contributed by atoms with Gasteiger partial charge in [-0.15, -0.1) is 0 Å². The lowest BCUT2D eigenvalue weighted by molar-refractivity contribution is 0.0535. The fourth-order valence-electron chi connectivity index (χ4n) is 3.75. The van der Waals surface area contributed by atoms with Crippen LogP contribution >= 0.6 is 11.8 Å². The van der Waals surface area contributed by atoms with Crippen molar-refractivity contribution in [2.75, 3.05) is 43.0 Å². The van der Waals surface area contributed by atoms with Crippen molar-refractivity contribution in [1.82, 2.24) is 9.80 Å². The fourth-order valence-corrected chi connectivity index (χ4v) is 4.84. The lowest BCUT2D eigenvalue weighted by Crippen LogP contribution is -2.53. The van der Waals surface area contributed by atoms with Gasteiger partial charge in [-0.05, 0) is 42.5 Å². The standard InChI is InChI=1S/C18H23N3O3S/c22-17-16-2-1-14(11-13(16)12-24-17)19-18(23)21-7-5-20(6-8-21)15-3-9-25-10-4-15/h1-2,11,15H,3-10,12H2,(H,19,23). The maximum absolute atomic E-state index is 12.5. The number of hydrogen-bond donors (Lipinski definition) is 1. The highest BCUT2D eigenvalue weighted by molar-refractivity contribution is 7.99. The average molecular weight is 361 g/mol. The van der Waals surface area contributed by atoms with Crippen LogP contribution in [0.3, 0.4) is 0 Å². The van der Waals surface area contributed by atoms with Crippen LogP contribution in [-0.2, 0) is 11.3 Å². The van der Waals surface area contributed by atoms with Crippen molar-refractivity contribution in [3.8, 4) is 0 Å². The van der Waals surface area contributed by atoms with Crippen LogP contribution in [0.4, 0.5) is 10.5 Å². The zero-order valence-electron chi connectivity index (χ0n) is 14.2. The molecule has 0 spiro atoms. The van der Waals surface area contributed by atoms with E-state index in [1.54, 1.807) is 12.1 Å². The Balaban J connectivity index is 1.31. The van der Waals surface area contributed by atoms with Gasteiger partial charge in [0.2, 0.25) is 0 Å². The van der Waals surface area contributed by atoms with E-state index in [-0.39, 0.29) is 18.6 Å². The lowest BCUT2D eigenvalue weighted by atomic mass is 10.1. The molecule has 1 aromatic rings. The second kappa shape index (κ2) is 7.25. The number of rotatable bonds is 2. The number of carbonyl (C=O) groups is 2. The number of urea groups is 1. The van der Waals surface area contributed by atoms with E-state index in [4.69, 9.17) is 4.74 Å². The second-order valence-corrected chi connectivity index (χ2v) is 7.97. The summed E-state index contributed by atoms with van der Waals surface area (Å²) < 4.78 is 5.00. The summed E-state index contributed by atoms with van der Waals surface area (Å²) in [6, 6.07) is 5.94. The van der Waals surface area contributed by atoms with E-state index in [2.05, 4.69) is 10.2 Å². The van der Waals surface area contributed by atoms with Gasteiger partial charge >= 0.3 is 12.0 Å². The molecule has 0 saturated carbocycles. The number of benzene rings is 1. The number of nitrogens with one attached hydrogen (secondary N) is 1. The van der Waals surface area contributed by atoms with Gasteiger partial charge in [-0.25, -0.2) is 9.59 Å². The number of hydrogen-bond acceptors (Lipinski definition) is 5. The molecular weight excluding hydrogens is 338 g/mol. The summed E-state index contributed by atoms with van der Waals surface area (Å²) in [6.07, 6.45) is 2.54. The number of anilines is 1. The smallest absolute Gasteiger partial charge is 0.338 e. The zero-order chi connectivity index (χ0) is 17.2. The van der Waals surface area contributed by atoms with E-state index < -0.39 is 0 Å². The molecule has 3 aliphatic heterocycles. The van der Waals surface area contributed by atoms with Crippen LogP contribution in [0.1, 0.15) is 28.8 Å². The van der Waals surface area contributed by atoms with Gasteiger partial charge in [-0.3, -0.25) is 4.90 Å². The minimum atomic E-state index is -0.287. The molecule has 7 heteroatoms. The number of piperazine rings is 1. The average Bonchev–Trinajstić information content (AvgIpc) is 3.03. The van der Waals surface area contributed by atoms with Gasteiger partial charge in [-0.2, -0.15) is 11.8 Å². The zero-order valence-corrected chi connectivity index (χ0v) is 15.0. The molecule has 0 aromatic heterocycles. The predicted molar refractivity (Wildman–Crippen MR) is 98.1 cm³/mol. The van der Waals surface area contributed by atoms with E-state index in [9.17, 15) is 9.59 Å². The highest BCUT2D eigenvalue weighted by Crippen LogP contribution is 2.25. The van der Waals surface area contributed by atoms with E-state index in [0.717, 1.165) is 31.7 Å². The molecule has 25 heavy (non-hydrogen) atoms. The van der Waals surface area contributed by atoms with Crippen LogP contribution in [0, 0.1) is 0 Å². The van der Waals surface area contributed by atoms with Crippen LogP contribution in [0.2, 0.25) is 0 Å². The summed E-state index contributed by atoms with van der Waals surface area (Å²) in [5.41, 5.74) is 2.15. The first-order valence-corrected chi connectivity index (χ1v) is 10.0. The van der Waals surface area contributed by atoms with E-state index in [0.29, 0.717) is 17.3 Å². The molecule has 2 amide bonds. The number of cyclic esters (lactones) is 1. The number of ether oxygens (including phenoxy) is 1. The highest BCUT2D eigenvalue weighted by Gasteiger charge is 2.27. The van der Waals surface area contributed by atoms with Crippen molar-refractivity contribution in [3.63, 3.8) is 0 Å². The number of esters is 1. The SMILES string of the molecule is O=C1OCc2cc(NC(=O)N3CCN(C4CCSCC4)CC3)ccc21. The molecule has 0 atom stereocenters. The molecule has 0 bridgehead atoms. The van der Waals surface area contributed by atoms with Crippen molar-refractivity contribution in [3.05, 3.63) is 29.3 Å². The topological polar surface area (TPSA) is 61.9 Å². The fraction of sp³-hybridized carbons (Fsp3) is 0.556. The van der Waals surface area contributed by atoms with Gasteiger partial charge in [0.25, 0.3) is 0 Å². The maximum Gasteiger partial charge on any atom is 0.338 e. The highest BCUT2D eigenvalue weighted by atomic mass is 32.2. The molecule has 1 aromatic carbocycles. The number of fused-ring (bicyclic) bond motifs is 1. The number of thioether (sulfide) groups is 1. The molecule has 1 N–H and O–H groups in total. The maximum atomic E-state index is 12.5. The minimum Gasteiger partial charge on any atom is -0.457 e. The Kier molecular flexibility index (Phi) is 4.85. The molecule has 2 saturated heterocycles. The minimum absolute atomic E-state index is 0.0657. The van der Waals surface area contributed by atoms with Crippen molar-refractivity contribution in [2.45, 2.75) is 25.5 Å². The molecule has 0 aliphatic carbocycles. The molecule has 0 unspecified atom stereocenters. The van der Waals surface area contributed by atoms with Crippen LogP contribution < -0.4 is 5.32 Å². The Labute approximate surface area is 151 Å². The van der Waals surface area contributed by atoms with Crippen LogP contribution in [0.15, 0.2) is 18.2 Å². The molecule has 6 nitrogen and oxygen atoms in total. The summed E-state index contributed by atoms with van der Waals surface area (Å²) in [5.74, 6) is 2.23. The van der Waals surface area contributed by atoms with E-state index >= 15 is 0 Å². The lowest BCUT2D eigenvalue weighted by Gasteiger charge is -2.40. The largest absolute Gasteiger partial charge is 0.457 e. The molecule has 4 rings (SSSR count). The van der Waals surface area contributed by atoms with Gasteiger partial charge in [-0.1, -0.05) is 0 Å². The third kappa shape index (κ3) is 3.62. The van der Waals surface area contributed by atoms with Gasteiger partial charge in [0.15, 0.2) is 0 Å². The second-order valence-electron chi connectivity index (χ2n) is 6.74. The molecule has 0 radical (unpaired) electrons. The molecule has 2 fully saturated rings. The first kappa shape index (κ1) is 16.7. The van der Waals surface area contributed by atoms with Crippen molar-refractivity contribution in [2.24, 2.45) is 0 Å². The van der Waals surface area contributed by atoms with Crippen molar-refractivity contribution < 1.29 is 14.3 Å². The van der Waals surface area contributed by atoms with E-state index in [1.165, 1.54) is 24.3 Å². The first-order valence-electron chi connectivity index (χ1n) is 8.88. The van der Waals surface area contributed by atoms with Crippen LogP contribution in [-0.4, -0.2) is 65.5 Å². The Morgan fingerprint density at radius 2 is 1.92 bits per heavy atom. The Morgan fingerprint density at radius 1 is 1.16 bits per heavy atom. The van der Waals surface area contributed by atoms with Crippen LogP contribution in [0.5, 0.6) is 0 Å². The Hall–Kier alpha value is -1.73. The summed E-state index contributed by atoms with van der Waals surface area (Å²) in [4.78, 5) is 28.4. The van der Waals surface area contributed by atoms with Gasteiger partial charge in [0.1, 0.15) is 6.61 Å². The summed E-state index contributed by atoms with van der Waals surface area (Å²) in [6.45, 7) is 3.73. The Bertz CT molecular complexity index is 668. The van der Waals surface area contributed by atoms with Gasteiger partial charge < -0.3 is 15.0 Å². The number of carbonyl (C=O) groups excluding carboxylic acids is 2. The van der Waals surface area contributed by atoms with Crippen molar-refractivity contribution >= 4 is 29.4 Å². The number of amides is 2. The molecule has 134 valence electrons.